The van der Waals surface area contributed by atoms with E-state index in [0.29, 0.717) is 5.02 Å². The summed E-state index contributed by atoms with van der Waals surface area (Å²) in [7, 11) is 1.99. The molecule has 1 amide bonds. The first kappa shape index (κ1) is 16.0. The lowest BCUT2D eigenvalue weighted by Gasteiger charge is -2.13. The van der Waals surface area contributed by atoms with Crippen LogP contribution in [-0.4, -0.2) is 15.7 Å². The second-order valence-corrected chi connectivity index (χ2v) is 7.22. The van der Waals surface area contributed by atoms with Crippen LogP contribution in [0.3, 0.4) is 0 Å². The van der Waals surface area contributed by atoms with Crippen LogP contribution in [0.15, 0.2) is 59.6 Å². The maximum atomic E-state index is 12.5. The maximum absolute atomic E-state index is 12.5. The van der Waals surface area contributed by atoms with Crippen LogP contribution in [0.4, 0.5) is 5.69 Å². The topological polar surface area (TPSA) is 34.0 Å². The molecule has 2 aromatic carbocycles. The summed E-state index contributed by atoms with van der Waals surface area (Å²) < 4.78 is 2.04. The lowest BCUT2D eigenvalue weighted by atomic mass is 10.2. The summed E-state index contributed by atoms with van der Waals surface area (Å²) in [5.74, 6) is -0.0127. The Morgan fingerprint density at radius 2 is 1.91 bits per heavy atom. The van der Waals surface area contributed by atoms with Gasteiger partial charge < -0.3 is 9.88 Å². The molecule has 0 aliphatic carbocycles. The predicted octanol–water partition coefficient (Wildman–Crippen LogP) is 4.95. The van der Waals surface area contributed by atoms with Gasteiger partial charge in [0, 0.05) is 34.1 Å². The lowest BCUT2D eigenvalue weighted by molar-refractivity contribution is -0.115. The fraction of sp³-hybridized carbons (Fsp3) is 0.167. The number of hydrogen-bond acceptors (Lipinski definition) is 2. The van der Waals surface area contributed by atoms with Gasteiger partial charge in [0.15, 0.2) is 0 Å². The molecule has 1 N–H and O–H groups in total. The molecule has 5 heteroatoms. The number of amides is 1. The zero-order chi connectivity index (χ0) is 16.4. The number of benzene rings is 2. The van der Waals surface area contributed by atoms with Gasteiger partial charge in [-0.05, 0) is 49.4 Å². The Balaban J connectivity index is 1.73. The zero-order valence-corrected chi connectivity index (χ0v) is 14.5. The molecule has 3 aromatic rings. The van der Waals surface area contributed by atoms with Gasteiger partial charge in [0.05, 0.1) is 10.9 Å². The van der Waals surface area contributed by atoms with Crippen molar-refractivity contribution in [1.82, 2.24) is 4.57 Å². The number of nitrogens with one attached hydrogen (secondary N) is 1. The molecule has 0 aliphatic rings. The van der Waals surface area contributed by atoms with Gasteiger partial charge in [-0.3, -0.25) is 4.79 Å². The predicted molar refractivity (Wildman–Crippen MR) is 98.3 cm³/mol. The molecule has 3 rings (SSSR count). The van der Waals surface area contributed by atoms with Crippen molar-refractivity contribution in [2.45, 2.75) is 17.1 Å². The van der Waals surface area contributed by atoms with E-state index in [1.807, 2.05) is 73.3 Å². The number of fused-ring (bicyclic) bond motifs is 1. The summed E-state index contributed by atoms with van der Waals surface area (Å²) in [5, 5.41) is 4.58. The van der Waals surface area contributed by atoms with Gasteiger partial charge in [0.2, 0.25) is 5.91 Å². The second kappa shape index (κ2) is 6.69. The van der Waals surface area contributed by atoms with E-state index in [0.717, 1.165) is 21.5 Å². The molecule has 118 valence electrons. The van der Waals surface area contributed by atoms with Gasteiger partial charge in [-0.2, -0.15) is 0 Å². The Morgan fingerprint density at radius 1 is 1.17 bits per heavy atom. The number of rotatable bonds is 4. The molecular weight excluding hydrogens is 328 g/mol. The molecule has 1 atom stereocenters. The number of halogens is 1. The number of carbonyl (C=O) groups is 1. The molecule has 23 heavy (non-hydrogen) atoms. The van der Waals surface area contributed by atoms with Crippen LogP contribution in [0.5, 0.6) is 0 Å². The number of aryl methyl sites for hydroxylation is 1. The number of carbonyl (C=O) groups excluding carboxylic acids is 1. The highest BCUT2D eigenvalue weighted by Gasteiger charge is 2.16. The van der Waals surface area contributed by atoms with Crippen molar-refractivity contribution >= 4 is 45.9 Å². The summed E-state index contributed by atoms with van der Waals surface area (Å²) in [6.07, 6.45) is 1.99. The van der Waals surface area contributed by atoms with Crippen LogP contribution in [-0.2, 0) is 11.8 Å². The normalized spacial score (nSPS) is 12.3. The summed E-state index contributed by atoms with van der Waals surface area (Å²) in [4.78, 5) is 13.5. The minimum absolute atomic E-state index is 0.0127. The van der Waals surface area contributed by atoms with Crippen molar-refractivity contribution in [3.05, 3.63) is 59.8 Å². The highest BCUT2D eigenvalue weighted by atomic mass is 35.5. The Kier molecular flexibility index (Phi) is 4.64. The van der Waals surface area contributed by atoms with Crippen molar-refractivity contribution in [1.29, 1.82) is 0 Å². The Labute approximate surface area is 144 Å². The largest absolute Gasteiger partial charge is 0.350 e. The van der Waals surface area contributed by atoms with Crippen LogP contribution in [0.1, 0.15) is 6.92 Å². The Bertz CT molecular complexity index is 842. The average Bonchev–Trinajstić information content (AvgIpc) is 2.92. The van der Waals surface area contributed by atoms with E-state index < -0.39 is 0 Å². The van der Waals surface area contributed by atoms with Gasteiger partial charge in [0.1, 0.15) is 0 Å². The van der Waals surface area contributed by atoms with E-state index in [1.54, 1.807) is 0 Å². The number of thioether (sulfide) groups is 1. The fourth-order valence-corrected chi connectivity index (χ4v) is 3.41. The van der Waals surface area contributed by atoms with E-state index in [2.05, 4.69) is 5.32 Å². The molecule has 0 fully saturated rings. The molecule has 0 aliphatic heterocycles. The second-order valence-electron chi connectivity index (χ2n) is 5.37. The van der Waals surface area contributed by atoms with Crippen LogP contribution in [0, 0.1) is 0 Å². The number of nitrogens with zero attached hydrogens (tertiary/aromatic N) is 1. The van der Waals surface area contributed by atoms with Crippen LogP contribution in [0.25, 0.3) is 10.9 Å². The van der Waals surface area contributed by atoms with Crippen LogP contribution < -0.4 is 5.32 Å². The van der Waals surface area contributed by atoms with Crippen molar-refractivity contribution < 1.29 is 4.79 Å². The SMILES string of the molecule is CC(Sc1ccc(Cl)cc1)C(=O)Nc1cccc2c1ccn2C. The fourth-order valence-electron chi connectivity index (χ4n) is 2.42. The third kappa shape index (κ3) is 3.54. The quantitative estimate of drug-likeness (QED) is 0.679. The maximum Gasteiger partial charge on any atom is 0.237 e. The monoisotopic (exact) mass is 344 g/mol. The summed E-state index contributed by atoms with van der Waals surface area (Å²) >= 11 is 7.40. The van der Waals surface area contributed by atoms with E-state index in [-0.39, 0.29) is 11.2 Å². The van der Waals surface area contributed by atoms with Crippen molar-refractivity contribution in [2.24, 2.45) is 7.05 Å². The first-order valence-corrected chi connectivity index (χ1v) is 8.57. The van der Waals surface area contributed by atoms with E-state index in [1.165, 1.54) is 11.8 Å². The van der Waals surface area contributed by atoms with Gasteiger partial charge in [0.25, 0.3) is 0 Å². The summed E-state index contributed by atoms with van der Waals surface area (Å²) in [6, 6.07) is 15.5. The summed E-state index contributed by atoms with van der Waals surface area (Å²) in [5.41, 5.74) is 1.94. The highest BCUT2D eigenvalue weighted by molar-refractivity contribution is 8.00. The molecule has 1 heterocycles. The average molecular weight is 345 g/mol. The Hall–Kier alpha value is -1.91. The van der Waals surface area contributed by atoms with Gasteiger partial charge in [-0.25, -0.2) is 0 Å². The third-order valence-corrected chi connectivity index (χ3v) is 5.05. The molecule has 0 spiro atoms. The summed E-state index contributed by atoms with van der Waals surface area (Å²) in [6.45, 7) is 1.90. The lowest BCUT2D eigenvalue weighted by Crippen LogP contribution is -2.22. The molecule has 0 radical (unpaired) electrons. The molecule has 3 nitrogen and oxygen atoms in total. The molecule has 0 saturated heterocycles. The third-order valence-electron chi connectivity index (χ3n) is 3.68. The van der Waals surface area contributed by atoms with E-state index in [4.69, 9.17) is 11.6 Å². The molecular formula is C18H17ClN2OS. The molecule has 0 bridgehead atoms. The molecule has 1 unspecified atom stereocenters. The van der Waals surface area contributed by atoms with Gasteiger partial charge >= 0.3 is 0 Å². The van der Waals surface area contributed by atoms with Crippen LogP contribution in [0.2, 0.25) is 5.02 Å². The van der Waals surface area contributed by atoms with E-state index in [9.17, 15) is 4.79 Å². The van der Waals surface area contributed by atoms with Gasteiger partial charge in [-0.1, -0.05) is 17.7 Å². The van der Waals surface area contributed by atoms with Crippen molar-refractivity contribution in [3.63, 3.8) is 0 Å². The number of aromatic nitrogens is 1. The Morgan fingerprint density at radius 3 is 2.65 bits per heavy atom. The zero-order valence-electron chi connectivity index (χ0n) is 12.9. The van der Waals surface area contributed by atoms with E-state index >= 15 is 0 Å². The van der Waals surface area contributed by atoms with Crippen molar-refractivity contribution in [2.75, 3.05) is 5.32 Å². The van der Waals surface area contributed by atoms with Gasteiger partial charge in [-0.15, -0.1) is 11.8 Å². The van der Waals surface area contributed by atoms with Crippen molar-refractivity contribution in [3.8, 4) is 0 Å². The standard InChI is InChI=1S/C18H17ClN2OS/c1-12(23-14-8-6-13(19)7-9-14)18(22)20-16-4-3-5-17-15(16)10-11-21(17)2/h3-12H,1-2H3,(H,20,22). The first-order valence-electron chi connectivity index (χ1n) is 7.32. The number of anilines is 1. The smallest absolute Gasteiger partial charge is 0.237 e. The molecule has 0 saturated carbocycles. The highest BCUT2D eigenvalue weighted by Crippen LogP contribution is 2.28. The minimum atomic E-state index is -0.199. The number of hydrogen-bond donors (Lipinski definition) is 1. The molecule has 1 aromatic heterocycles. The first-order chi connectivity index (χ1) is 11.0. The van der Waals surface area contributed by atoms with Crippen LogP contribution >= 0.6 is 23.4 Å². The minimum Gasteiger partial charge on any atom is -0.350 e.